The van der Waals surface area contributed by atoms with Crippen molar-refractivity contribution in [2.24, 2.45) is 0 Å². The molecule has 0 aliphatic carbocycles. The molecule has 2 nitrogen and oxygen atoms in total. The number of benzene rings is 1. The molecule has 0 heterocycles. The van der Waals surface area contributed by atoms with E-state index in [1.165, 1.54) is 13.2 Å². The first-order chi connectivity index (χ1) is 6.15. The molecule has 1 rings (SSSR count). The third kappa shape index (κ3) is 2.42. The molecule has 0 bridgehead atoms. The lowest BCUT2D eigenvalue weighted by atomic mass is 10.1. The molecule has 72 valence electrons. The van der Waals surface area contributed by atoms with Crippen LogP contribution >= 0.6 is 0 Å². The lowest BCUT2D eigenvalue weighted by molar-refractivity contribution is 0.0477. The second-order valence-electron chi connectivity index (χ2n) is 2.94. The molecule has 0 aliphatic heterocycles. The van der Waals surface area contributed by atoms with Gasteiger partial charge in [0.25, 0.3) is 0 Å². The first-order valence-electron chi connectivity index (χ1n) is 4.03. The molecule has 0 unspecified atom stereocenters. The van der Waals surface area contributed by atoms with Crippen LogP contribution in [0.5, 0.6) is 5.75 Å². The smallest absolute Gasteiger partial charge is 0.188 e. The first-order valence-corrected chi connectivity index (χ1v) is 4.03. The lowest BCUT2D eigenvalue weighted by Gasteiger charge is -2.09. The summed E-state index contributed by atoms with van der Waals surface area (Å²) < 4.78 is 23.0. The zero-order valence-electron chi connectivity index (χ0n) is 8.06. The molecule has 0 radical (unpaired) electrons. The summed E-state index contributed by atoms with van der Waals surface area (Å²) in [6, 6.07) is 3.31. The lowest BCUT2D eigenvalue weighted by Crippen LogP contribution is -2.02. The third-order valence-electron chi connectivity index (χ3n) is 1.69. The number of ether oxygens (including phenoxy) is 2. The maximum Gasteiger partial charge on any atom is 0.188 e. The van der Waals surface area contributed by atoms with Gasteiger partial charge in [0.05, 0.1) is 0 Å². The van der Waals surface area contributed by atoms with Gasteiger partial charge in [-0.3, -0.25) is 0 Å². The van der Waals surface area contributed by atoms with Gasteiger partial charge in [0.2, 0.25) is 0 Å². The number of rotatable bonds is 3. The summed E-state index contributed by atoms with van der Waals surface area (Å²) in [5.41, 5.74) is 1.68. The van der Waals surface area contributed by atoms with Crippen LogP contribution in [0.2, 0.25) is 0 Å². The van der Waals surface area contributed by atoms with Gasteiger partial charge in [0.1, 0.15) is 0 Å². The van der Waals surface area contributed by atoms with E-state index in [4.69, 9.17) is 9.47 Å². The molecular formula is C10H13FO2. The normalized spacial score (nSPS) is 10.2. The summed E-state index contributed by atoms with van der Waals surface area (Å²) in [6.45, 7) is 3.72. The van der Waals surface area contributed by atoms with Gasteiger partial charge in [-0.05, 0) is 31.0 Å². The van der Waals surface area contributed by atoms with Gasteiger partial charge in [0.15, 0.2) is 18.4 Å². The predicted octanol–water partition coefficient (Wildman–Crippen LogP) is 2.43. The standard InChI is InChI=1S/C10H13FO2/c1-7-4-8(2)10(9(11)5-7)13-6-12-3/h4-5H,6H2,1-3H3. The second kappa shape index (κ2) is 4.23. The molecule has 0 fully saturated rings. The molecule has 0 saturated heterocycles. The van der Waals surface area contributed by atoms with Crippen molar-refractivity contribution in [3.8, 4) is 5.75 Å². The van der Waals surface area contributed by atoms with Gasteiger partial charge in [0, 0.05) is 7.11 Å². The van der Waals surface area contributed by atoms with Crippen molar-refractivity contribution >= 4 is 0 Å². The van der Waals surface area contributed by atoms with Gasteiger partial charge in [-0.2, -0.15) is 0 Å². The Morgan fingerprint density at radius 3 is 2.54 bits per heavy atom. The van der Waals surface area contributed by atoms with Crippen LogP contribution in [0.25, 0.3) is 0 Å². The summed E-state index contributed by atoms with van der Waals surface area (Å²) in [5, 5.41) is 0. The Bertz CT molecular complexity index is 274. The highest BCUT2D eigenvalue weighted by Gasteiger charge is 2.07. The van der Waals surface area contributed by atoms with Crippen molar-refractivity contribution in [2.75, 3.05) is 13.9 Å². The van der Waals surface area contributed by atoms with E-state index < -0.39 is 0 Å². The molecule has 13 heavy (non-hydrogen) atoms. The van der Waals surface area contributed by atoms with Gasteiger partial charge in [-0.15, -0.1) is 0 Å². The minimum absolute atomic E-state index is 0.0703. The average molecular weight is 184 g/mol. The Hall–Kier alpha value is -1.09. The molecule has 0 aromatic heterocycles. The van der Waals surface area contributed by atoms with Crippen LogP contribution in [0.1, 0.15) is 11.1 Å². The molecule has 0 spiro atoms. The number of hydrogen-bond acceptors (Lipinski definition) is 2. The Kier molecular flexibility index (Phi) is 3.25. The molecule has 0 saturated carbocycles. The van der Waals surface area contributed by atoms with Crippen LogP contribution in [0, 0.1) is 19.7 Å². The number of aryl methyl sites for hydroxylation is 2. The monoisotopic (exact) mass is 184 g/mol. The fourth-order valence-corrected chi connectivity index (χ4v) is 1.20. The fourth-order valence-electron chi connectivity index (χ4n) is 1.20. The zero-order valence-corrected chi connectivity index (χ0v) is 8.06. The van der Waals surface area contributed by atoms with E-state index in [1.54, 1.807) is 6.92 Å². The van der Waals surface area contributed by atoms with Crippen LogP contribution in [-0.2, 0) is 4.74 Å². The molecule has 0 aliphatic rings. The summed E-state index contributed by atoms with van der Waals surface area (Å²) in [6.07, 6.45) is 0. The van der Waals surface area contributed by atoms with Crippen LogP contribution in [0.4, 0.5) is 4.39 Å². The maximum atomic E-state index is 13.3. The van der Waals surface area contributed by atoms with E-state index in [2.05, 4.69) is 0 Å². The molecule has 1 aromatic carbocycles. The minimum Gasteiger partial charge on any atom is -0.464 e. The predicted molar refractivity (Wildman–Crippen MR) is 48.4 cm³/mol. The summed E-state index contributed by atoms with van der Waals surface area (Å²) in [7, 11) is 1.50. The minimum atomic E-state index is -0.338. The molecule has 1 aromatic rings. The first kappa shape index (κ1) is 9.99. The second-order valence-corrected chi connectivity index (χ2v) is 2.94. The molecule has 0 amide bonds. The van der Waals surface area contributed by atoms with Crippen LogP contribution in [-0.4, -0.2) is 13.9 Å². The maximum absolute atomic E-state index is 13.3. The number of methoxy groups -OCH3 is 1. The van der Waals surface area contributed by atoms with Gasteiger partial charge in [-0.1, -0.05) is 6.07 Å². The van der Waals surface area contributed by atoms with Gasteiger partial charge >= 0.3 is 0 Å². The fraction of sp³-hybridized carbons (Fsp3) is 0.400. The van der Waals surface area contributed by atoms with Crippen molar-refractivity contribution < 1.29 is 13.9 Å². The van der Waals surface area contributed by atoms with Crippen LogP contribution in [0.3, 0.4) is 0 Å². The molecular weight excluding hydrogens is 171 g/mol. The largest absolute Gasteiger partial charge is 0.464 e. The van der Waals surface area contributed by atoms with Crippen molar-refractivity contribution in [1.29, 1.82) is 0 Å². The molecule has 3 heteroatoms. The average Bonchev–Trinajstić information content (AvgIpc) is 2.02. The van der Waals surface area contributed by atoms with Crippen molar-refractivity contribution in [2.45, 2.75) is 13.8 Å². The zero-order chi connectivity index (χ0) is 9.84. The molecule has 0 N–H and O–H groups in total. The van der Waals surface area contributed by atoms with E-state index in [0.29, 0.717) is 0 Å². The topological polar surface area (TPSA) is 18.5 Å². The Labute approximate surface area is 77.3 Å². The summed E-state index contributed by atoms with van der Waals surface area (Å²) in [5.74, 6) is -0.0676. The third-order valence-corrected chi connectivity index (χ3v) is 1.69. The highest BCUT2D eigenvalue weighted by Crippen LogP contribution is 2.23. The van der Waals surface area contributed by atoms with E-state index in [0.717, 1.165) is 11.1 Å². The van der Waals surface area contributed by atoms with Crippen molar-refractivity contribution in [3.63, 3.8) is 0 Å². The van der Waals surface area contributed by atoms with Crippen molar-refractivity contribution in [3.05, 3.63) is 29.1 Å². The van der Waals surface area contributed by atoms with E-state index >= 15 is 0 Å². The van der Waals surface area contributed by atoms with E-state index in [9.17, 15) is 4.39 Å². The van der Waals surface area contributed by atoms with E-state index in [-0.39, 0.29) is 18.4 Å². The van der Waals surface area contributed by atoms with Crippen LogP contribution in [0.15, 0.2) is 12.1 Å². The van der Waals surface area contributed by atoms with Gasteiger partial charge in [-0.25, -0.2) is 4.39 Å². The summed E-state index contributed by atoms with van der Waals surface area (Å²) in [4.78, 5) is 0. The summed E-state index contributed by atoms with van der Waals surface area (Å²) >= 11 is 0. The SMILES string of the molecule is COCOc1c(C)cc(C)cc1F. The number of halogens is 1. The molecule has 0 atom stereocenters. The highest BCUT2D eigenvalue weighted by molar-refractivity contribution is 5.37. The van der Waals surface area contributed by atoms with Crippen LogP contribution < -0.4 is 4.74 Å². The Morgan fingerprint density at radius 2 is 2.00 bits per heavy atom. The van der Waals surface area contributed by atoms with E-state index in [1.807, 2.05) is 13.0 Å². The Balaban J connectivity index is 2.92. The Morgan fingerprint density at radius 1 is 1.31 bits per heavy atom. The van der Waals surface area contributed by atoms with Crippen molar-refractivity contribution in [1.82, 2.24) is 0 Å². The highest BCUT2D eigenvalue weighted by atomic mass is 19.1. The quantitative estimate of drug-likeness (QED) is 0.672. The van der Waals surface area contributed by atoms with Gasteiger partial charge < -0.3 is 9.47 Å². The number of hydrogen-bond donors (Lipinski definition) is 0.